The number of pyridine rings is 1. The maximum atomic E-state index is 13.1. The maximum Gasteiger partial charge on any atom is 0.335 e. The number of fused-ring (bicyclic) bond motifs is 2. The van der Waals surface area contributed by atoms with Gasteiger partial charge in [-0.2, -0.15) is 5.10 Å². The van der Waals surface area contributed by atoms with E-state index in [1.165, 1.54) is 9.13 Å². The van der Waals surface area contributed by atoms with E-state index in [0.29, 0.717) is 22.5 Å². The number of rotatable bonds is 4. The van der Waals surface area contributed by atoms with Crippen molar-refractivity contribution in [3.05, 3.63) is 77.2 Å². The number of aromatic nitrogens is 6. The summed E-state index contributed by atoms with van der Waals surface area (Å²) in [6.07, 6.45) is 6.88. The quantitative estimate of drug-likeness (QED) is 0.496. The van der Waals surface area contributed by atoms with E-state index >= 15 is 0 Å². The lowest BCUT2D eigenvalue weighted by Gasteiger charge is -2.05. The van der Waals surface area contributed by atoms with Gasteiger partial charge >= 0.3 is 11.7 Å². The number of hydrogen-bond donors (Lipinski definition) is 1. The predicted molar refractivity (Wildman–Crippen MR) is 110 cm³/mol. The highest BCUT2D eigenvalue weighted by atomic mass is 16.4. The third-order valence-corrected chi connectivity index (χ3v) is 5.01. The van der Waals surface area contributed by atoms with Gasteiger partial charge in [0.1, 0.15) is 12.4 Å². The summed E-state index contributed by atoms with van der Waals surface area (Å²) in [5.74, 6) is -0.668. The normalized spacial score (nSPS) is 11.4. The van der Waals surface area contributed by atoms with Gasteiger partial charge in [0.25, 0.3) is 0 Å². The minimum absolute atomic E-state index is 0.414. The Morgan fingerprint density at radius 2 is 1.97 bits per heavy atom. The molecule has 0 aliphatic heterocycles. The van der Waals surface area contributed by atoms with Crippen LogP contribution in [0.3, 0.4) is 0 Å². The van der Waals surface area contributed by atoms with Gasteiger partial charge in [-0.3, -0.25) is 9.36 Å². The number of nitrogens with zero attached hydrogens (tertiary/aromatic N) is 6. The first-order chi connectivity index (χ1) is 14.5. The molecule has 4 heterocycles. The monoisotopic (exact) mass is 400 g/mol. The van der Waals surface area contributed by atoms with Crippen molar-refractivity contribution in [2.45, 2.75) is 13.5 Å². The van der Waals surface area contributed by atoms with Crippen molar-refractivity contribution in [1.29, 1.82) is 0 Å². The van der Waals surface area contributed by atoms with Crippen LogP contribution in [0.15, 0.2) is 66.0 Å². The number of aliphatic carboxylic acids is 1. The van der Waals surface area contributed by atoms with E-state index in [4.69, 9.17) is 0 Å². The number of imidazole rings is 1. The Morgan fingerprint density at radius 1 is 1.10 bits per heavy atom. The molecular formula is C21H16N6O3. The van der Waals surface area contributed by atoms with Crippen LogP contribution in [0.2, 0.25) is 0 Å². The van der Waals surface area contributed by atoms with Crippen molar-refractivity contribution in [2.75, 3.05) is 0 Å². The zero-order valence-electron chi connectivity index (χ0n) is 15.9. The van der Waals surface area contributed by atoms with Crippen LogP contribution in [-0.4, -0.2) is 39.8 Å². The molecule has 0 saturated heterocycles. The summed E-state index contributed by atoms with van der Waals surface area (Å²) in [5.41, 5.74) is 3.95. The average Bonchev–Trinajstić information content (AvgIpc) is 3.29. The highest BCUT2D eigenvalue weighted by Crippen LogP contribution is 2.25. The molecule has 5 rings (SSSR count). The zero-order valence-corrected chi connectivity index (χ0v) is 15.9. The number of carboxylic acids is 1. The van der Waals surface area contributed by atoms with Crippen LogP contribution in [0.25, 0.3) is 33.6 Å². The van der Waals surface area contributed by atoms with Crippen LogP contribution < -0.4 is 5.69 Å². The molecule has 0 aliphatic carbocycles. The summed E-state index contributed by atoms with van der Waals surface area (Å²) in [4.78, 5) is 33.2. The molecule has 0 radical (unpaired) electrons. The first kappa shape index (κ1) is 17.8. The topological polar surface area (TPSA) is 107 Å². The molecule has 0 aliphatic rings. The third kappa shape index (κ3) is 2.67. The summed E-state index contributed by atoms with van der Waals surface area (Å²) in [7, 11) is 0. The molecule has 0 unspecified atom stereocenters. The van der Waals surface area contributed by atoms with E-state index in [0.717, 1.165) is 16.7 Å². The lowest BCUT2D eigenvalue weighted by atomic mass is 10.1. The third-order valence-electron chi connectivity index (χ3n) is 5.01. The number of carbonyl (C=O) groups is 1. The Labute approximate surface area is 169 Å². The minimum atomic E-state index is -1.08. The SMILES string of the molecule is Cc1cccc2c1n(-c1ccc(-c3cnn4cccnc34)cn1)c(=O)n2CC(=O)O. The second-order valence-electron chi connectivity index (χ2n) is 6.89. The fraction of sp³-hybridized carbons (Fsp3) is 0.0952. The fourth-order valence-corrected chi connectivity index (χ4v) is 3.68. The van der Waals surface area contributed by atoms with Crippen LogP contribution in [0.4, 0.5) is 0 Å². The molecule has 4 aromatic heterocycles. The van der Waals surface area contributed by atoms with Crippen molar-refractivity contribution < 1.29 is 9.90 Å². The van der Waals surface area contributed by atoms with E-state index in [1.807, 2.05) is 25.3 Å². The molecule has 9 heteroatoms. The summed E-state index contributed by atoms with van der Waals surface area (Å²) >= 11 is 0. The van der Waals surface area contributed by atoms with Gasteiger partial charge in [-0.05, 0) is 36.8 Å². The average molecular weight is 400 g/mol. The molecular weight excluding hydrogens is 384 g/mol. The van der Waals surface area contributed by atoms with Gasteiger partial charge in [0.05, 0.1) is 17.2 Å². The molecule has 9 nitrogen and oxygen atoms in total. The standard InChI is InChI=1S/C21H16N6O3/c1-13-4-2-5-16-19(13)27(21(30)25(16)12-18(28)29)17-7-6-14(10-23-17)15-11-24-26-9-3-8-22-20(15)26/h2-11H,12H2,1H3,(H,28,29). The molecule has 1 aromatic carbocycles. The van der Waals surface area contributed by atoms with Gasteiger partial charge in [-0.1, -0.05) is 12.1 Å². The van der Waals surface area contributed by atoms with E-state index in [9.17, 15) is 14.7 Å². The number of carboxylic acid groups (broad SMARTS) is 1. The largest absolute Gasteiger partial charge is 0.480 e. The summed E-state index contributed by atoms with van der Waals surface area (Å²) < 4.78 is 4.37. The molecule has 148 valence electrons. The van der Waals surface area contributed by atoms with Gasteiger partial charge in [-0.25, -0.2) is 23.8 Å². The molecule has 5 aromatic rings. The van der Waals surface area contributed by atoms with Gasteiger partial charge in [0, 0.05) is 29.7 Å². The summed E-state index contributed by atoms with van der Waals surface area (Å²) in [6, 6.07) is 10.8. The van der Waals surface area contributed by atoms with Crippen molar-refractivity contribution in [1.82, 2.24) is 28.7 Å². The van der Waals surface area contributed by atoms with Gasteiger partial charge < -0.3 is 5.11 Å². The van der Waals surface area contributed by atoms with Crippen LogP contribution >= 0.6 is 0 Å². The van der Waals surface area contributed by atoms with E-state index < -0.39 is 18.2 Å². The second kappa shape index (κ2) is 6.66. The molecule has 0 fully saturated rings. The minimum Gasteiger partial charge on any atom is -0.480 e. The predicted octanol–water partition coefficient (Wildman–Crippen LogP) is 2.29. The molecule has 0 atom stereocenters. The van der Waals surface area contributed by atoms with Gasteiger partial charge in [0.15, 0.2) is 5.65 Å². The van der Waals surface area contributed by atoms with Crippen LogP contribution in [0.1, 0.15) is 5.56 Å². The maximum absolute atomic E-state index is 13.1. The Bertz CT molecular complexity index is 1480. The van der Waals surface area contributed by atoms with Crippen molar-refractivity contribution >= 4 is 22.6 Å². The first-order valence-electron chi connectivity index (χ1n) is 9.22. The molecule has 1 N–H and O–H groups in total. The molecule has 30 heavy (non-hydrogen) atoms. The van der Waals surface area contributed by atoms with Crippen molar-refractivity contribution in [3.8, 4) is 16.9 Å². The Kier molecular flexibility index (Phi) is 3.95. The van der Waals surface area contributed by atoms with Crippen molar-refractivity contribution in [2.24, 2.45) is 0 Å². The molecule has 0 amide bonds. The molecule has 0 spiro atoms. The molecule has 0 saturated carbocycles. The van der Waals surface area contributed by atoms with Crippen LogP contribution in [0.5, 0.6) is 0 Å². The van der Waals surface area contributed by atoms with Gasteiger partial charge in [-0.15, -0.1) is 0 Å². The summed E-state index contributed by atoms with van der Waals surface area (Å²) in [6.45, 7) is 1.46. The highest BCUT2D eigenvalue weighted by molar-refractivity contribution is 5.83. The number of aryl methyl sites for hydroxylation is 1. The smallest absolute Gasteiger partial charge is 0.335 e. The van der Waals surface area contributed by atoms with Crippen molar-refractivity contribution in [3.63, 3.8) is 0 Å². The Balaban J connectivity index is 1.67. The number of para-hydroxylation sites is 1. The lowest BCUT2D eigenvalue weighted by molar-refractivity contribution is -0.137. The van der Waals surface area contributed by atoms with E-state index in [2.05, 4.69) is 15.1 Å². The van der Waals surface area contributed by atoms with Crippen LogP contribution in [-0.2, 0) is 11.3 Å². The van der Waals surface area contributed by atoms with E-state index in [1.54, 1.807) is 47.4 Å². The van der Waals surface area contributed by atoms with E-state index in [-0.39, 0.29) is 0 Å². The number of hydrogen-bond acceptors (Lipinski definition) is 5. The summed E-state index contributed by atoms with van der Waals surface area (Å²) in [5, 5.41) is 13.5. The second-order valence-corrected chi connectivity index (χ2v) is 6.89. The van der Waals surface area contributed by atoms with Gasteiger partial charge in [0.2, 0.25) is 0 Å². The lowest BCUT2D eigenvalue weighted by Crippen LogP contribution is -2.26. The number of benzene rings is 1. The highest BCUT2D eigenvalue weighted by Gasteiger charge is 2.19. The fourth-order valence-electron chi connectivity index (χ4n) is 3.68. The van der Waals surface area contributed by atoms with Crippen LogP contribution in [0, 0.1) is 6.92 Å². The Morgan fingerprint density at radius 3 is 2.73 bits per heavy atom. The first-order valence-corrected chi connectivity index (χ1v) is 9.22. The molecule has 0 bridgehead atoms. The Hall–Kier alpha value is -4.27. The zero-order chi connectivity index (χ0) is 20.8.